The largest absolute Gasteiger partial charge is 0.351 e. The molecule has 110 valence electrons. The molecular weight excluding hydrogens is 266 g/mol. The van der Waals surface area contributed by atoms with Crippen LogP contribution in [0.1, 0.15) is 39.2 Å². The Bertz CT molecular complexity index is 619. The molecule has 1 aliphatic carbocycles. The van der Waals surface area contributed by atoms with Gasteiger partial charge in [-0.05, 0) is 51.8 Å². The summed E-state index contributed by atoms with van der Waals surface area (Å²) in [6.45, 7) is 5.65. The van der Waals surface area contributed by atoms with Crippen LogP contribution in [0.15, 0.2) is 24.3 Å². The molecule has 2 rings (SSSR count). The van der Waals surface area contributed by atoms with Crippen molar-refractivity contribution in [2.75, 3.05) is 5.32 Å². The molecule has 0 spiro atoms. The van der Waals surface area contributed by atoms with E-state index in [1.54, 1.807) is 24.3 Å². The fourth-order valence-electron chi connectivity index (χ4n) is 2.06. The van der Waals surface area contributed by atoms with Gasteiger partial charge in [-0.1, -0.05) is 6.07 Å². The first kappa shape index (κ1) is 15.0. The Morgan fingerprint density at radius 1 is 1.24 bits per heavy atom. The normalized spacial score (nSPS) is 15.7. The first-order valence-electron chi connectivity index (χ1n) is 6.91. The van der Waals surface area contributed by atoms with Gasteiger partial charge in [-0.25, -0.2) is 0 Å². The van der Waals surface area contributed by atoms with Crippen LogP contribution in [0, 0.1) is 16.7 Å². The standard InChI is InChI=1S/C16H19N3O2/c1-15(2,3)19-14(21)16(7-8-16)13(20)18-12-6-4-5-11(9-12)10-17/h4-6,9H,7-8H2,1-3H3,(H,18,20)(H,19,21). The lowest BCUT2D eigenvalue weighted by molar-refractivity contribution is -0.135. The highest BCUT2D eigenvalue weighted by atomic mass is 16.2. The predicted molar refractivity (Wildman–Crippen MR) is 79.3 cm³/mol. The SMILES string of the molecule is CC(C)(C)NC(=O)C1(C(=O)Nc2cccc(C#N)c2)CC1. The first-order chi connectivity index (χ1) is 9.77. The molecule has 0 heterocycles. The summed E-state index contributed by atoms with van der Waals surface area (Å²) in [7, 11) is 0. The van der Waals surface area contributed by atoms with Crippen molar-refractivity contribution in [3.05, 3.63) is 29.8 Å². The smallest absolute Gasteiger partial charge is 0.240 e. The van der Waals surface area contributed by atoms with Gasteiger partial charge in [-0.3, -0.25) is 9.59 Å². The van der Waals surface area contributed by atoms with Gasteiger partial charge in [-0.15, -0.1) is 0 Å². The molecule has 1 saturated carbocycles. The number of hydrogen-bond donors (Lipinski definition) is 2. The maximum absolute atomic E-state index is 12.4. The summed E-state index contributed by atoms with van der Waals surface area (Å²) in [5.74, 6) is -0.539. The quantitative estimate of drug-likeness (QED) is 0.835. The minimum absolute atomic E-state index is 0.232. The molecule has 0 unspecified atom stereocenters. The van der Waals surface area contributed by atoms with Crippen molar-refractivity contribution < 1.29 is 9.59 Å². The molecule has 2 amide bonds. The van der Waals surface area contributed by atoms with Gasteiger partial charge in [0.1, 0.15) is 5.41 Å². The highest BCUT2D eigenvalue weighted by Crippen LogP contribution is 2.47. The monoisotopic (exact) mass is 285 g/mol. The lowest BCUT2D eigenvalue weighted by Gasteiger charge is -2.24. The second-order valence-electron chi connectivity index (χ2n) is 6.43. The molecule has 1 fully saturated rings. The molecule has 5 nitrogen and oxygen atoms in total. The Kier molecular flexibility index (Phi) is 3.73. The van der Waals surface area contributed by atoms with Gasteiger partial charge >= 0.3 is 0 Å². The number of benzene rings is 1. The third-order valence-corrected chi connectivity index (χ3v) is 3.36. The van der Waals surface area contributed by atoms with Gasteiger partial charge < -0.3 is 10.6 Å². The Morgan fingerprint density at radius 3 is 2.43 bits per heavy atom. The van der Waals surface area contributed by atoms with E-state index in [-0.39, 0.29) is 17.4 Å². The molecular formula is C16H19N3O2. The van der Waals surface area contributed by atoms with Crippen molar-refractivity contribution in [3.63, 3.8) is 0 Å². The van der Waals surface area contributed by atoms with E-state index in [1.165, 1.54) is 0 Å². The summed E-state index contributed by atoms with van der Waals surface area (Å²) >= 11 is 0. The topological polar surface area (TPSA) is 82.0 Å². The van der Waals surface area contributed by atoms with Crippen LogP contribution in [0.4, 0.5) is 5.69 Å². The Labute approximate surface area is 124 Å². The molecule has 0 atom stereocenters. The van der Waals surface area contributed by atoms with Crippen molar-refractivity contribution in [3.8, 4) is 6.07 Å². The number of carbonyl (C=O) groups is 2. The molecule has 1 aliphatic rings. The lowest BCUT2D eigenvalue weighted by atomic mass is 10.0. The molecule has 1 aromatic rings. The van der Waals surface area contributed by atoms with Gasteiger partial charge in [0.2, 0.25) is 11.8 Å². The maximum Gasteiger partial charge on any atom is 0.240 e. The molecule has 0 aromatic heterocycles. The number of rotatable bonds is 3. The fourth-order valence-corrected chi connectivity index (χ4v) is 2.06. The number of nitrogens with zero attached hydrogens (tertiary/aromatic N) is 1. The molecule has 2 N–H and O–H groups in total. The van der Waals surface area contributed by atoms with E-state index >= 15 is 0 Å². The third kappa shape index (κ3) is 3.40. The van der Waals surface area contributed by atoms with E-state index in [9.17, 15) is 9.59 Å². The van der Waals surface area contributed by atoms with Gasteiger partial charge in [0.25, 0.3) is 0 Å². The van der Waals surface area contributed by atoms with Gasteiger partial charge in [0.15, 0.2) is 0 Å². The average molecular weight is 285 g/mol. The number of amides is 2. The zero-order valence-electron chi connectivity index (χ0n) is 12.5. The van der Waals surface area contributed by atoms with Crippen LogP contribution >= 0.6 is 0 Å². The van der Waals surface area contributed by atoms with Gasteiger partial charge in [0.05, 0.1) is 11.6 Å². The third-order valence-electron chi connectivity index (χ3n) is 3.36. The second-order valence-corrected chi connectivity index (χ2v) is 6.43. The number of nitriles is 1. The summed E-state index contributed by atoms with van der Waals surface area (Å²) in [6, 6.07) is 8.67. The lowest BCUT2D eigenvalue weighted by Crippen LogP contribution is -2.48. The van der Waals surface area contributed by atoms with Crippen molar-refractivity contribution in [1.29, 1.82) is 5.26 Å². The van der Waals surface area contributed by atoms with E-state index in [0.29, 0.717) is 24.1 Å². The Morgan fingerprint density at radius 2 is 1.90 bits per heavy atom. The highest BCUT2D eigenvalue weighted by Gasteiger charge is 2.57. The summed E-state index contributed by atoms with van der Waals surface area (Å²) in [5.41, 5.74) is -0.325. The maximum atomic E-state index is 12.4. The summed E-state index contributed by atoms with van der Waals surface area (Å²) in [6.07, 6.45) is 1.11. The Balaban J connectivity index is 2.09. The van der Waals surface area contributed by atoms with Crippen LogP contribution in [-0.2, 0) is 9.59 Å². The van der Waals surface area contributed by atoms with Crippen molar-refractivity contribution >= 4 is 17.5 Å². The fraction of sp³-hybridized carbons (Fsp3) is 0.438. The van der Waals surface area contributed by atoms with Crippen LogP contribution in [0.2, 0.25) is 0 Å². The number of hydrogen-bond acceptors (Lipinski definition) is 3. The molecule has 0 saturated heterocycles. The average Bonchev–Trinajstić information content (AvgIpc) is 3.18. The molecule has 0 bridgehead atoms. The highest BCUT2D eigenvalue weighted by molar-refractivity contribution is 6.13. The van der Waals surface area contributed by atoms with E-state index in [2.05, 4.69) is 10.6 Å². The van der Waals surface area contributed by atoms with Crippen LogP contribution < -0.4 is 10.6 Å². The summed E-state index contributed by atoms with van der Waals surface area (Å²) in [5, 5.41) is 14.5. The van der Waals surface area contributed by atoms with Gasteiger partial charge in [0, 0.05) is 11.2 Å². The van der Waals surface area contributed by atoms with E-state index in [0.717, 1.165) is 0 Å². The summed E-state index contributed by atoms with van der Waals surface area (Å²) < 4.78 is 0. The minimum Gasteiger partial charge on any atom is -0.351 e. The van der Waals surface area contributed by atoms with E-state index in [1.807, 2.05) is 26.8 Å². The zero-order valence-corrected chi connectivity index (χ0v) is 12.5. The van der Waals surface area contributed by atoms with Crippen LogP contribution in [0.25, 0.3) is 0 Å². The number of nitrogens with one attached hydrogen (secondary N) is 2. The molecule has 21 heavy (non-hydrogen) atoms. The molecule has 0 radical (unpaired) electrons. The van der Waals surface area contributed by atoms with Crippen LogP contribution in [0.5, 0.6) is 0 Å². The number of anilines is 1. The number of carbonyl (C=O) groups excluding carboxylic acids is 2. The van der Waals surface area contributed by atoms with Crippen LogP contribution in [0.3, 0.4) is 0 Å². The minimum atomic E-state index is -0.962. The molecule has 1 aromatic carbocycles. The predicted octanol–water partition coefficient (Wildman–Crippen LogP) is 2.19. The van der Waals surface area contributed by atoms with Crippen molar-refractivity contribution in [1.82, 2.24) is 5.32 Å². The Hall–Kier alpha value is -2.35. The first-order valence-corrected chi connectivity index (χ1v) is 6.91. The van der Waals surface area contributed by atoms with E-state index < -0.39 is 5.41 Å². The van der Waals surface area contributed by atoms with E-state index in [4.69, 9.17) is 5.26 Å². The van der Waals surface area contributed by atoms with Crippen molar-refractivity contribution in [2.45, 2.75) is 39.2 Å². The van der Waals surface area contributed by atoms with Crippen LogP contribution in [-0.4, -0.2) is 17.4 Å². The molecule has 0 aliphatic heterocycles. The zero-order chi connectivity index (χ0) is 15.7. The second kappa shape index (κ2) is 5.21. The van der Waals surface area contributed by atoms with Gasteiger partial charge in [-0.2, -0.15) is 5.26 Å². The summed E-state index contributed by atoms with van der Waals surface area (Å²) in [4.78, 5) is 24.6. The van der Waals surface area contributed by atoms with Crippen molar-refractivity contribution in [2.24, 2.45) is 5.41 Å². The molecule has 5 heteroatoms.